The van der Waals surface area contributed by atoms with Crippen LogP contribution in [0.15, 0.2) is 24.3 Å². The fourth-order valence-corrected chi connectivity index (χ4v) is 4.76. The highest BCUT2D eigenvalue weighted by Gasteiger charge is 2.31. The van der Waals surface area contributed by atoms with E-state index >= 15 is 0 Å². The number of hydrogen-bond donors (Lipinski definition) is 0. The molecule has 0 N–H and O–H groups in total. The lowest BCUT2D eigenvalue weighted by Crippen LogP contribution is -2.52. The van der Waals surface area contributed by atoms with E-state index in [1.807, 2.05) is 30.0 Å². The first-order valence-corrected chi connectivity index (χ1v) is 11.6. The Morgan fingerprint density at radius 3 is 2.29 bits per heavy atom. The van der Waals surface area contributed by atoms with E-state index in [0.29, 0.717) is 37.9 Å². The number of amides is 2. The quantitative estimate of drug-likeness (QED) is 0.754. The van der Waals surface area contributed by atoms with Crippen LogP contribution in [-0.4, -0.2) is 62.6 Å². The Kier molecular flexibility index (Phi) is 6.39. The fraction of sp³-hybridized carbons (Fsp3) is 0.583. The highest BCUT2D eigenvalue weighted by molar-refractivity contribution is 5.90. The van der Waals surface area contributed by atoms with Crippen LogP contribution in [0, 0.1) is 12.8 Å². The largest absolute Gasteiger partial charge is 0.339 e. The minimum atomic E-state index is -0.159. The molecule has 1 saturated heterocycles. The third kappa shape index (κ3) is 4.50. The molecule has 1 aromatic carbocycles. The van der Waals surface area contributed by atoms with E-state index < -0.39 is 0 Å². The van der Waals surface area contributed by atoms with E-state index in [4.69, 9.17) is 0 Å². The number of nitrogens with zero attached hydrogens (tertiary/aromatic N) is 5. The molecule has 31 heavy (non-hydrogen) atoms. The summed E-state index contributed by atoms with van der Waals surface area (Å²) in [5.41, 5.74) is 2.13. The molecular weight excluding hydrogens is 390 g/mol. The number of benzene rings is 1. The number of piperazine rings is 1. The highest BCUT2D eigenvalue weighted by Crippen LogP contribution is 2.26. The smallest absolute Gasteiger partial charge is 0.293 e. The summed E-state index contributed by atoms with van der Waals surface area (Å²) < 4.78 is 1.77. The van der Waals surface area contributed by atoms with Crippen molar-refractivity contribution in [1.29, 1.82) is 0 Å². The Hall–Kier alpha value is -2.70. The maximum atomic E-state index is 13.1. The van der Waals surface area contributed by atoms with Gasteiger partial charge in [0.15, 0.2) is 0 Å². The molecule has 7 nitrogen and oxygen atoms in total. The molecule has 0 unspecified atom stereocenters. The lowest BCUT2D eigenvalue weighted by atomic mass is 9.88. The molecule has 2 fully saturated rings. The third-order valence-corrected chi connectivity index (χ3v) is 6.58. The SMILES string of the molecule is Cc1nc(C(=O)N2CCN(C(=O)C3CCCCC3)CC2)nn1-c1ccccc1C(C)C. The fourth-order valence-electron chi connectivity index (χ4n) is 4.76. The number of carbonyl (C=O) groups excluding carboxylic acids is 2. The van der Waals surface area contributed by atoms with Crippen molar-refractivity contribution in [2.24, 2.45) is 5.92 Å². The molecule has 0 atom stereocenters. The summed E-state index contributed by atoms with van der Waals surface area (Å²) in [5.74, 6) is 1.56. The van der Waals surface area contributed by atoms with Crippen molar-refractivity contribution in [3.8, 4) is 5.69 Å². The molecule has 166 valence electrons. The summed E-state index contributed by atoms with van der Waals surface area (Å²) in [4.78, 5) is 34.1. The average Bonchev–Trinajstić information content (AvgIpc) is 3.20. The van der Waals surface area contributed by atoms with Crippen LogP contribution in [0.4, 0.5) is 0 Å². The van der Waals surface area contributed by atoms with E-state index in [2.05, 4.69) is 30.0 Å². The monoisotopic (exact) mass is 423 g/mol. The molecule has 0 bridgehead atoms. The van der Waals surface area contributed by atoms with Gasteiger partial charge in [-0.2, -0.15) is 0 Å². The number of aryl methyl sites for hydroxylation is 1. The maximum absolute atomic E-state index is 13.1. The van der Waals surface area contributed by atoms with Gasteiger partial charge in [-0.15, -0.1) is 5.10 Å². The van der Waals surface area contributed by atoms with Crippen molar-refractivity contribution in [2.45, 2.75) is 58.8 Å². The first kappa shape index (κ1) is 21.5. The summed E-state index contributed by atoms with van der Waals surface area (Å²) in [5, 5.41) is 4.56. The van der Waals surface area contributed by atoms with Crippen LogP contribution in [0.25, 0.3) is 5.69 Å². The first-order chi connectivity index (χ1) is 15.0. The molecule has 2 amide bonds. The molecule has 1 aliphatic heterocycles. The topological polar surface area (TPSA) is 71.3 Å². The van der Waals surface area contributed by atoms with Gasteiger partial charge >= 0.3 is 0 Å². The predicted octanol–water partition coefficient (Wildman–Crippen LogP) is 3.56. The molecule has 1 aliphatic carbocycles. The molecule has 0 radical (unpaired) electrons. The zero-order chi connectivity index (χ0) is 22.0. The highest BCUT2D eigenvalue weighted by atomic mass is 16.2. The van der Waals surface area contributed by atoms with Gasteiger partial charge in [-0.05, 0) is 37.3 Å². The van der Waals surface area contributed by atoms with Crippen molar-refractivity contribution in [2.75, 3.05) is 26.2 Å². The van der Waals surface area contributed by atoms with Crippen LogP contribution in [0.2, 0.25) is 0 Å². The second-order valence-corrected chi connectivity index (χ2v) is 9.06. The molecule has 2 aliphatic rings. The number of carbonyl (C=O) groups is 2. The van der Waals surface area contributed by atoms with Crippen LogP contribution in [0.5, 0.6) is 0 Å². The van der Waals surface area contributed by atoms with E-state index in [1.54, 1.807) is 9.58 Å². The molecule has 2 aromatic rings. The summed E-state index contributed by atoms with van der Waals surface area (Å²) in [7, 11) is 0. The average molecular weight is 424 g/mol. The Morgan fingerprint density at radius 1 is 0.968 bits per heavy atom. The van der Waals surface area contributed by atoms with E-state index in [-0.39, 0.29) is 23.6 Å². The van der Waals surface area contributed by atoms with Gasteiger partial charge in [0.05, 0.1) is 5.69 Å². The second-order valence-electron chi connectivity index (χ2n) is 9.06. The van der Waals surface area contributed by atoms with Gasteiger partial charge in [-0.25, -0.2) is 9.67 Å². The summed E-state index contributed by atoms with van der Waals surface area (Å²) in [6, 6.07) is 8.10. The molecule has 7 heteroatoms. The molecular formula is C24H33N5O2. The summed E-state index contributed by atoms with van der Waals surface area (Å²) in [6.45, 7) is 8.42. The third-order valence-electron chi connectivity index (χ3n) is 6.58. The van der Waals surface area contributed by atoms with Crippen molar-refractivity contribution >= 4 is 11.8 Å². The molecule has 2 heterocycles. The number of hydrogen-bond acceptors (Lipinski definition) is 4. The number of aromatic nitrogens is 3. The molecule has 0 spiro atoms. The second kappa shape index (κ2) is 9.20. The minimum absolute atomic E-state index is 0.159. The summed E-state index contributed by atoms with van der Waals surface area (Å²) >= 11 is 0. The standard InChI is InChI=1S/C24H33N5O2/c1-17(2)20-11-7-8-12-21(20)29-18(3)25-22(26-29)24(31)28-15-13-27(14-16-28)23(30)19-9-5-4-6-10-19/h7-8,11-12,17,19H,4-6,9-10,13-16H2,1-3H3. The van der Waals surface area contributed by atoms with Crippen LogP contribution in [0.1, 0.15) is 73.9 Å². The normalized spacial score (nSPS) is 17.9. The van der Waals surface area contributed by atoms with Crippen molar-refractivity contribution in [3.63, 3.8) is 0 Å². The first-order valence-electron chi connectivity index (χ1n) is 11.6. The van der Waals surface area contributed by atoms with Gasteiger partial charge < -0.3 is 9.80 Å². The summed E-state index contributed by atoms with van der Waals surface area (Å²) in [6.07, 6.45) is 5.57. The Morgan fingerprint density at radius 2 is 1.61 bits per heavy atom. The Labute approximate surface area is 184 Å². The molecule has 1 aromatic heterocycles. The van der Waals surface area contributed by atoms with E-state index in [1.165, 1.54) is 12.0 Å². The maximum Gasteiger partial charge on any atom is 0.293 e. The van der Waals surface area contributed by atoms with Crippen LogP contribution < -0.4 is 0 Å². The van der Waals surface area contributed by atoms with Gasteiger partial charge in [-0.1, -0.05) is 51.3 Å². The predicted molar refractivity (Wildman–Crippen MR) is 119 cm³/mol. The van der Waals surface area contributed by atoms with Gasteiger partial charge in [0.2, 0.25) is 11.7 Å². The van der Waals surface area contributed by atoms with Gasteiger partial charge in [0.25, 0.3) is 5.91 Å². The van der Waals surface area contributed by atoms with Crippen molar-refractivity contribution in [1.82, 2.24) is 24.6 Å². The lowest BCUT2D eigenvalue weighted by molar-refractivity contribution is -0.138. The molecule has 1 saturated carbocycles. The van der Waals surface area contributed by atoms with Crippen LogP contribution in [0.3, 0.4) is 0 Å². The van der Waals surface area contributed by atoms with E-state index in [9.17, 15) is 9.59 Å². The zero-order valence-corrected chi connectivity index (χ0v) is 18.9. The van der Waals surface area contributed by atoms with Gasteiger partial charge in [0, 0.05) is 32.1 Å². The van der Waals surface area contributed by atoms with Crippen LogP contribution in [-0.2, 0) is 4.79 Å². The molecule has 4 rings (SSSR count). The zero-order valence-electron chi connectivity index (χ0n) is 18.9. The van der Waals surface area contributed by atoms with E-state index in [0.717, 1.165) is 31.4 Å². The Bertz CT molecular complexity index is 937. The number of para-hydroxylation sites is 1. The van der Waals surface area contributed by atoms with Crippen molar-refractivity contribution in [3.05, 3.63) is 41.5 Å². The van der Waals surface area contributed by atoms with Gasteiger partial charge in [0.1, 0.15) is 5.82 Å². The lowest BCUT2D eigenvalue weighted by Gasteiger charge is -2.36. The Balaban J connectivity index is 1.43. The van der Waals surface area contributed by atoms with Crippen molar-refractivity contribution < 1.29 is 9.59 Å². The minimum Gasteiger partial charge on any atom is -0.339 e. The van der Waals surface area contributed by atoms with Gasteiger partial charge in [-0.3, -0.25) is 9.59 Å². The number of rotatable bonds is 4. The van der Waals surface area contributed by atoms with Crippen LogP contribution >= 0.6 is 0 Å².